The second-order valence-electron chi connectivity index (χ2n) is 13.7. The van der Waals surface area contributed by atoms with E-state index in [1.54, 1.807) is 0 Å². The summed E-state index contributed by atoms with van der Waals surface area (Å²) in [7, 11) is 0. The molecular weight excluding hydrogens is 583 g/mol. The molecule has 2 aliphatic rings. The highest BCUT2D eigenvalue weighted by atomic mass is 16.3. The van der Waals surface area contributed by atoms with Crippen molar-refractivity contribution >= 4 is 39.0 Å². The number of furan rings is 1. The lowest BCUT2D eigenvalue weighted by Gasteiger charge is -2.46. The highest BCUT2D eigenvalue weighted by molar-refractivity contribution is 6.10. The van der Waals surface area contributed by atoms with E-state index in [1.165, 1.54) is 44.5 Å². The topological polar surface area (TPSA) is 16.4 Å². The third-order valence-electron chi connectivity index (χ3n) is 10.9. The number of benzene rings is 7. The molecule has 0 bridgehead atoms. The second kappa shape index (κ2) is 9.82. The molecule has 0 amide bonds. The van der Waals surface area contributed by atoms with Crippen LogP contribution in [-0.4, -0.2) is 0 Å². The van der Waals surface area contributed by atoms with Crippen LogP contribution in [0.4, 0.5) is 17.1 Å². The lowest BCUT2D eigenvalue weighted by molar-refractivity contribution is 0.563. The van der Waals surface area contributed by atoms with Gasteiger partial charge in [0.1, 0.15) is 5.58 Å². The fourth-order valence-electron chi connectivity index (χ4n) is 8.90. The number of hydrogen-bond acceptors (Lipinski definition) is 2. The Labute approximate surface area is 280 Å². The molecule has 48 heavy (non-hydrogen) atoms. The van der Waals surface area contributed by atoms with Gasteiger partial charge in [-0.3, -0.25) is 0 Å². The van der Waals surface area contributed by atoms with Crippen LogP contribution in [-0.2, 0) is 10.8 Å². The van der Waals surface area contributed by atoms with Gasteiger partial charge in [0.2, 0.25) is 0 Å². The zero-order valence-corrected chi connectivity index (χ0v) is 26.9. The minimum atomic E-state index is -0.460. The molecule has 1 heterocycles. The number of hydrogen-bond donors (Lipinski definition) is 0. The molecule has 0 atom stereocenters. The zero-order chi connectivity index (χ0) is 32.0. The van der Waals surface area contributed by atoms with Gasteiger partial charge in [0.15, 0.2) is 5.58 Å². The van der Waals surface area contributed by atoms with E-state index in [9.17, 15) is 0 Å². The van der Waals surface area contributed by atoms with E-state index in [-0.39, 0.29) is 5.41 Å². The van der Waals surface area contributed by atoms with E-state index in [2.05, 4.69) is 176 Å². The Kier molecular flexibility index (Phi) is 5.58. The van der Waals surface area contributed by atoms with E-state index < -0.39 is 5.41 Å². The Morgan fingerprint density at radius 3 is 1.77 bits per heavy atom. The van der Waals surface area contributed by atoms with Crippen molar-refractivity contribution in [3.8, 4) is 11.1 Å². The van der Waals surface area contributed by atoms with Crippen LogP contribution in [0.2, 0.25) is 0 Å². The van der Waals surface area contributed by atoms with Gasteiger partial charge in [-0.15, -0.1) is 0 Å². The number of anilines is 3. The van der Waals surface area contributed by atoms with Crippen LogP contribution in [0.15, 0.2) is 168 Å². The van der Waals surface area contributed by atoms with Gasteiger partial charge in [-0.05, 0) is 80.9 Å². The molecule has 7 aromatic carbocycles. The van der Waals surface area contributed by atoms with Crippen molar-refractivity contribution in [1.29, 1.82) is 0 Å². The van der Waals surface area contributed by atoms with Gasteiger partial charge in [0, 0.05) is 27.6 Å². The lowest BCUT2D eigenvalue weighted by atomic mass is 9.55. The minimum Gasteiger partial charge on any atom is -0.454 e. The molecule has 228 valence electrons. The molecule has 2 nitrogen and oxygen atoms in total. The number of nitrogens with zero attached hydrogens (tertiary/aromatic N) is 1. The van der Waals surface area contributed by atoms with Crippen LogP contribution in [0.1, 0.15) is 47.2 Å². The summed E-state index contributed by atoms with van der Waals surface area (Å²) < 4.78 is 6.63. The van der Waals surface area contributed by atoms with Crippen LogP contribution in [0.3, 0.4) is 0 Å². The first-order valence-electron chi connectivity index (χ1n) is 16.8. The maximum absolute atomic E-state index is 6.63. The Hall–Kier alpha value is -5.86. The fourth-order valence-corrected chi connectivity index (χ4v) is 8.90. The average Bonchev–Trinajstić information content (AvgIpc) is 3.66. The first-order chi connectivity index (χ1) is 23.6. The highest BCUT2D eigenvalue weighted by Gasteiger charge is 2.53. The monoisotopic (exact) mass is 615 g/mol. The van der Waals surface area contributed by atoms with Crippen LogP contribution >= 0.6 is 0 Å². The van der Waals surface area contributed by atoms with Crippen molar-refractivity contribution in [3.05, 3.63) is 197 Å². The highest BCUT2D eigenvalue weighted by Crippen LogP contribution is 2.62. The predicted molar refractivity (Wildman–Crippen MR) is 198 cm³/mol. The molecule has 10 rings (SSSR count). The molecule has 1 aromatic heterocycles. The van der Waals surface area contributed by atoms with Crippen LogP contribution in [0.25, 0.3) is 33.1 Å². The predicted octanol–water partition coefficient (Wildman–Crippen LogP) is 12.1. The van der Waals surface area contributed by atoms with E-state index in [0.29, 0.717) is 0 Å². The summed E-state index contributed by atoms with van der Waals surface area (Å²) in [5, 5.41) is 2.25. The summed E-state index contributed by atoms with van der Waals surface area (Å²) >= 11 is 0. The second-order valence-corrected chi connectivity index (χ2v) is 13.7. The standard InChI is InChI=1S/C46H33NO/c1-45(2)37-21-9-11-23-39(37)46(40-24-12-10-22-38(40)45)36-20-8-6-17-32(36)33-28-27-31(29-41(33)46)47(30-15-4-3-5-16-30)42-25-14-19-35-34-18-7-13-26-43(34)48-44(35)42/h3-29H,1-2H3. The third-order valence-corrected chi connectivity index (χ3v) is 10.9. The molecule has 2 heteroatoms. The molecular formula is C46H33NO. The summed E-state index contributed by atoms with van der Waals surface area (Å²) in [4.78, 5) is 2.37. The first-order valence-corrected chi connectivity index (χ1v) is 16.8. The van der Waals surface area contributed by atoms with Crippen LogP contribution in [0.5, 0.6) is 0 Å². The normalized spacial score (nSPS) is 14.8. The van der Waals surface area contributed by atoms with Gasteiger partial charge in [0.25, 0.3) is 0 Å². The van der Waals surface area contributed by atoms with Gasteiger partial charge < -0.3 is 9.32 Å². The molecule has 0 aliphatic heterocycles. The SMILES string of the molecule is CC1(C)c2ccccc2C2(c3ccccc3-c3ccc(N(c4ccccc4)c4cccc5c4oc4ccccc45)cc32)c2ccccc21. The number of para-hydroxylation sites is 3. The van der Waals surface area contributed by atoms with Crippen molar-refractivity contribution < 1.29 is 4.42 Å². The largest absolute Gasteiger partial charge is 0.454 e. The molecule has 0 unspecified atom stereocenters. The first kappa shape index (κ1) is 27.3. The van der Waals surface area contributed by atoms with Crippen LogP contribution < -0.4 is 4.90 Å². The van der Waals surface area contributed by atoms with Gasteiger partial charge >= 0.3 is 0 Å². The lowest BCUT2D eigenvalue weighted by Crippen LogP contribution is -2.40. The molecule has 0 N–H and O–H groups in total. The quantitative estimate of drug-likeness (QED) is 0.197. The van der Waals surface area contributed by atoms with E-state index in [4.69, 9.17) is 4.42 Å². The minimum absolute atomic E-state index is 0.138. The summed E-state index contributed by atoms with van der Waals surface area (Å²) in [6.07, 6.45) is 0. The summed E-state index contributed by atoms with van der Waals surface area (Å²) in [5.41, 5.74) is 15.1. The third kappa shape index (κ3) is 3.47. The Morgan fingerprint density at radius 2 is 1.02 bits per heavy atom. The maximum atomic E-state index is 6.63. The summed E-state index contributed by atoms with van der Waals surface area (Å²) in [5.74, 6) is 0. The van der Waals surface area contributed by atoms with E-state index in [0.717, 1.165) is 39.0 Å². The maximum Gasteiger partial charge on any atom is 0.159 e. The average molecular weight is 616 g/mol. The molecule has 2 aliphatic carbocycles. The van der Waals surface area contributed by atoms with Gasteiger partial charge in [0.05, 0.1) is 11.1 Å². The zero-order valence-electron chi connectivity index (χ0n) is 26.9. The molecule has 1 spiro atoms. The number of rotatable bonds is 3. The van der Waals surface area contributed by atoms with Crippen molar-refractivity contribution in [3.63, 3.8) is 0 Å². The van der Waals surface area contributed by atoms with Gasteiger partial charge in [-0.2, -0.15) is 0 Å². The van der Waals surface area contributed by atoms with Crippen molar-refractivity contribution in [2.75, 3.05) is 4.90 Å². The van der Waals surface area contributed by atoms with E-state index in [1.807, 2.05) is 6.07 Å². The Balaban J connectivity index is 1.30. The van der Waals surface area contributed by atoms with Crippen LogP contribution in [0, 0.1) is 0 Å². The van der Waals surface area contributed by atoms with Gasteiger partial charge in [-0.1, -0.05) is 141 Å². The van der Waals surface area contributed by atoms with Gasteiger partial charge in [-0.25, -0.2) is 0 Å². The Morgan fingerprint density at radius 1 is 0.438 bits per heavy atom. The number of fused-ring (bicyclic) bond motifs is 12. The molecule has 8 aromatic rings. The van der Waals surface area contributed by atoms with Crippen molar-refractivity contribution in [2.45, 2.75) is 24.7 Å². The Bertz CT molecular complexity index is 2500. The fraction of sp³-hybridized carbons (Fsp3) is 0.0870. The van der Waals surface area contributed by atoms with E-state index >= 15 is 0 Å². The van der Waals surface area contributed by atoms with Crippen molar-refractivity contribution in [1.82, 2.24) is 0 Å². The van der Waals surface area contributed by atoms with Crippen molar-refractivity contribution in [2.24, 2.45) is 0 Å². The molecule has 0 fully saturated rings. The smallest absolute Gasteiger partial charge is 0.159 e. The molecule has 0 radical (unpaired) electrons. The summed E-state index contributed by atoms with van der Waals surface area (Å²) in [6.45, 7) is 4.75. The molecule has 0 saturated heterocycles. The molecule has 0 saturated carbocycles. The summed E-state index contributed by atoms with van der Waals surface area (Å²) in [6, 6.07) is 59.9.